The quantitative estimate of drug-likeness (QED) is 0.644. The molecule has 6 heteroatoms. The standard InChI is InChI=1S/C20H21NO4S/c1-14-6-8-15(9-7-14)19(22)20(23)21-16-10-12-18(13-11-16)26(24,25)17-4-2-3-5-17/h6-13,17H,2-5H2,1H3,(H,21,23). The van der Waals surface area contributed by atoms with E-state index in [1.54, 1.807) is 24.3 Å². The van der Waals surface area contributed by atoms with Crippen molar-refractivity contribution in [2.45, 2.75) is 42.8 Å². The number of hydrogen-bond acceptors (Lipinski definition) is 4. The second-order valence-electron chi connectivity index (χ2n) is 6.63. The van der Waals surface area contributed by atoms with Gasteiger partial charge in [0, 0.05) is 11.3 Å². The second kappa shape index (κ2) is 7.41. The fourth-order valence-electron chi connectivity index (χ4n) is 3.14. The number of carbonyl (C=O) groups is 2. The molecular formula is C20H21NO4S. The lowest BCUT2D eigenvalue weighted by Gasteiger charge is -2.12. The van der Waals surface area contributed by atoms with Crippen LogP contribution in [0, 0.1) is 6.92 Å². The number of Topliss-reactive ketones (excluding diaryl/α,β-unsaturated/α-hetero) is 1. The fraction of sp³-hybridized carbons (Fsp3) is 0.300. The van der Waals surface area contributed by atoms with Crippen LogP contribution >= 0.6 is 0 Å². The van der Waals surface area contributed by atoms with Gasteiger partial charge in [0.05, 0.1) is 10.1 Å². The number of hydrogen-bond donors (Lipinski definition) is 1. The molecule has 1 fully saturated rings. The van der Waals surface area contributed by atoms with E-state index in [4.69, 9.17) is 0 Å². The van der Waals surface area contributed by atoms with Crippen LogP contribution in [0.3, 0.4) is 0 Å². The molecule has 0 radical (unpaired) electrons. The smallest absolute Gasteiger partial charge is 0.296 e. The van der Waals surface area contributed by atoms with E-state index in [-0.39, 0.29) is 10.1 Å². The summed E-state index contributed by atoms with van der Waals surface area (Å²) in [4.78, 5) is 24.5. The molecule has 0 spiro atoms. The molecule has 0 unspecified atom stereocenters. The topological polar surface area (TPSA) is 80.3 Å². The van der Waals surface area contributed by atoms with Crippen LogP contribution in [0.15, 0.2) is 53.4 Å². The van der Waals surface area contributed by atoms with Gasteiger partial charge >= 0.3 is 0 Å². The van der Waals surface area contributed by atoms with E-state index < -0.39 is 21.5 Å². The Balaban J connectivity index is 1.70. The van der Waals surface area contributed by atoms with Crippen LogP contribution in [0.1, 0.15) is 41.6 Å². The lowest BCUT2D eigenvalue weighted by molar-refractivity contribution is -0.112. The summed E-state index contributed by atoms with van der Waals surface area (Å²) in [5, 5.41) is 2.21. The molecule has 2 aromatic rings. The van der Waals surface area contributed by atoms with Gasteiger partial charge < -0.3 is 5.32 Å². The van der Waals surface area contributed by atoms with Gasteiger partial charge in [-0.1, -0.05) is 42.7 Å². The van der Waals surface area contributed by atoms with Gasteiger partial charge in [0.25, 0.3) is 11.7 Å². The molecule has 0 atom stereocenters. The highest BCUT2D eigenvalue weighted by molar-refractivity contribution is 7.92. The van der Waals surface area contributed by atoms with E-state index in [1.165, 1.54) is 24.3 Å². The maximum absolute atomic E-state index is 12.5. The molecule has 0 heterocycles. The van der Waals surface area contributed by atoms with Crippen molar-refractivity contribution in [3.05, 3.63) is 59.7 Å². The Bertz CT molecular complexity index is 909. The Morgan fingerprint density at radius 2 is 1.50 bits per heavy atom. The zero-order chi connectivity index (χ0) is 18.7. The molecule has 1 aliphatic rings. The maximum atomic E-state index is 12.5. The minimum Gasteiger partial charge on any atom is -0.319 e. The van der Waals surface area contributed by atoms with Crippen molar-refractivity contribution in [1.29, 1.82) is 0 Å². The second-order valence-corrected chi connectivity index (χ2v) is 8.85. The Hall–Kier alpha value is -2.47. The predicted octanol–water partition coefficient (Wildman–Crippen LogP) is 3.53. The van der Waals surface area contributed by atoms with Crippen molar-refractivity contribution >= 4 is 27.2 Å². The largest absolute Gasteiger partial charge is 0.319 e. The number of rotatable bonds is 5. The van der Waals surface area contributed by atoms with E-state index in [0.29, 0.717) is 24.1 Å². The normalized spacial score (nSPS) is 15.0. The summed E-state index contributed by atoms with van der Waals surface area (Å²) in [5.41, 5.74) is 1.70. The summed E-state index contributed by atoms with van der Waals surface area (Å²) in [6, 6.07) is 12.7. The molecule has 1 saturated carbocycles. The highest BCUT2D eigenvalue weighted by atomic mass is 32.2. The monoisotopic (exact) mass is 371 g/mol. The first kappa shape index (κ1) is 18.3. The minimum absolute atomic E-state index is 0.257. The Labute approximate surface area is 153 Å². The van der Waals surface area contributed by atoms with Crippen molar-refractivity contribution in [3.63, 3.8) is 0 Å². The first-order chi connectivity index (χ1) is 12.4. The average molecular weight is 371 g/mol. The summed E-state index contributed by atoms with van der Waals surface area (Å²) < 4.78 is 25.1. The van der Waals surface area contributed by atoms with Gasteiger partial charge in [-0.3, -0.25) is 9.59 Å². The summed E-state index contributed by atoms with van der Waals surface area (Å²) in [6.07, 6.45) is 3.29. The third kappa shape index (κ3) is 3.85. The highest BCUT2D eigenvalue weighted by Gasteiger charge is 2.30. The van der Waals surface area contributed by atoms with Crippen LogP contribution in [0.4, 0.5) is 5.69 Å². The molecule has 1 N–H and O–H groups in total. The molecule has 0 saturated heterocycles. The number of aryl methyl sites for hydroxylation is 1. The van der Waals surface area contributed by atoms with Gasteiger partial charge in [-0.05, 0) is 44.0 Å². The van der Waals surface area contributed by atoms with Crippen LogP contribution in [0.2, 0.25) is 0 Å². The van der Waals surface area contributed by atoms with Crippen molar-refractivity contribution in [2.24, 2.45) is 0 Å². The van der Waals surface area contributed by atoms with Gasteiger partial charge in [-0.25, -0.2) is 8.42 Å². The molecule has 3 rings (SSSR count). The predicted molar refractivity (Wildman–Crippen MR) is 100 cm³/mol. The third-order valence-electron chi connectivity index (χ3n) is 4.70. The van der Waals surface area contributed by atoms with Crippen molar-refractivity contribution in [2.75, 3.05) is 5.32 Å². The number of amides is 1. The van der Waals surface area contributed by atoms with Gasteiger partial charge in [0.1, 0.15) is 0 Å². The molecule has 1 aliphatic carbocycles. The molecular weight excluding hydrogens is 350 g/mol. The summed E-state index contributed by atoms with van der Waals surface area (Å²) in [6.45, 7) is 1.90. The number of carbonyl (C=O) groups excluding carboxylic acids is 2. The number of anilines is 1. The van der Waals surface area contributed by atoms with Gasteiger partial charge in [-0.2, -0.15) is 0 Å². The van der Waals surface area contributed by atoms with E-state index in [0.717, 1.165) is 18.4 Å². The molecule has 26 heavy (non-hydrogen) atoms. The van der Waals surface area contributed by atoms with Crippen molar-refractivity contribution in [1.82, 2.24) is 0 Å². The maximum Gasteiger partial charge on any atom is 0.296 e. The van der Waals surface area contributed by atoms with Crippen LogP contribution in [-0.2, 0) is 14.6 Å². The van der Waals surface area contributed by atoms with Gasteiger partial charge in [-0.15, -0.1) is 0 Å². The fourth-order valence-corrected chi connectivity index (χ4v) is 5.00. The van der Waals surface area contributed by atoms with E-state index in [9.17, 15) is 18.0 Å². The summed E-state index contributed by atoms with van der Waals surface area (Å²) >= 11 is 0. The van der Waals surface area contributed by atoms with Crippen LogP contribution in [0.5, 0.6) is 0 Å². The van der Waals surface area contributed by atoms with Crippen LogP contribution in [0.25, 0.3) is 0 Å². The Morgan fingerprint density at radius 1 is 0.923 bits per heavy atom. The summed E-state index contributed by atoms with van der Waals surface area (Å²) in [5.74, 6) is -1.38. The molecule has 2 aromatic carbocycles. The van der Waals surface area contributed by atoms with Crippen molar-refractivity contribution < 1.29 is 18.0 Å². The lowest BCUT2D eigenvalue weighted by Crippen LogP contribution is -2.23. The first-order valence-corrected chi connectivity index (χ1v) is 10.2. The molecule has 1 amide bonds. The van der Waals surface area contributed by atoms with Crippen LogP contribution < -0.4 is 5.32 Å². The first-order valence-electron chi connectivity index (χ1n) is 8.64. The molecule has 136 valence electrons. The number of nitrogens with one attached hydrogen (secondary N) is 1. The molecule has 0 aromatic heterocycles. The summed E-state index contributed by atoms with van der Waals surface area (Å²) in [7, 11) is -3.33. The zero-order valence-corrected chi connectivity index (χ0v) is 15.4. The van der Waals surface area contributed by atoms with Crippen LogP contribution in [-0.4, -0.2) is 25.4 Å². The lowest BCUT2D eigenvalue weighted by atomic mass is 10.1. The van der Waals surface area contributed by atoms with Crippen molar-refractivity contribution in [3.8, 4) is 0 Å². The Kier molecular flexibility index (Phi) is 5.23. The van der Waals surface area contributed by atoms with E-state index in [1.807, 2.05) is 6.92 Å². The number of benzene rings is 2. The SMILES string of the molecule is Cc1ccc(C(=O)C(=O)Nc2ccc(S(=O)(=O)C3CCCC3)cc2)cc1. The molecule has 0 aliphatic heterocycles. The molecule has 0 bridgehead atoms. The number of sulfone groups is 1. The van der Waals surface area contributed by atoms with E-state index in [2.05, 4.69) is 5.32 Å². The number of ketones is 1. The Morgan fingerprint density at radius 3 is 2.08 bits per heavy atom. The molecule has 5 nitrogen and oxygen atoms in total. The van der Waals surface area contributed by atoms with Gasteiger partial charge in [0.2, 0.25) is 0 Å². The third-order valence-corrected chi connectivity index (χ3v) is 6.98. The average Bonchev–Trinajstić information content (AvgIpc) is 3.18. The van der Waals surface area contributed by atoms with Gasteiger partial charge in [0.15, 0.2) is 9.84 Å². The van der Waals surface area contributed by atoms with E-state index >= 15 is 0 Å². The highest BCUT2D eigenvalue weighted by Crippen LogP contribution is 2.30. The zero-order valence-electron chi connectivity index (χ0n) is 14.6. The minimum atomic E-state index is -3.33.